The van der Waals surface area contributed by atoms with Crippen LogP contribution in [0.2, 0.25) is 0 Å². The van der Waals surface area contributed by atoms with Gasteiger partial charge >= 0.3 is 0 Å². The maximum absolute atomic E-state index is 12.3. The first-order valence-corrected chi connectivity index (χ1v) is 8.08. The molecule has 1 heterocycles. The van der Waals surface area contributed by atoms with E-state index in [1.54, 1.807) is 17.5 Å². The lowest BCUT2D eigenvalue weighted by Crippen LogP contribution is -2.15. The highest BCUT2D eigenvalue weighted by molar-refractivity contribution is 7.93. The Morgan fingerprint density at radius 2 is 2.21 bits per heavy atom. The molecule has 5 nitrogen and oxygen atoms in total. The number of rotatable bonds is 5. The lowest BCUT2D eigenvalue weighted by atomic mass is 10.1. The fourth-order valence-electron chi connectivity index (χ4n) is 1.68. The topological polar surface area (TPSA) is 79.3 Å². The Labute approximate surface area is 116 Å². The number of anilines is 1. The molecule has 0 aliphatic carbocycles. The van der Waals surface area contributed by atoms with Crippen molar-refractivity contribution in [3.05, 3.63) is 40.9 Å². The summed E-state index contributed by atoms with van der Waals surface area (Å²) in [5, 5.41) is 11.1. The molecule has 0 saturated heterocycles. The van der Waals surface area contributed by atoms with E-state index in [1.165, 1.54) is 23.6 Å². The van der Waals surface area contributed by atoms with Crippen LogP contribution in [0, 0.1) is 0 Å². The van der Waals surface area contributed by atoms with Crippen molar-refractivity contribution in [3.63, 3.8) is 0 Å². The number of nitrogens with zero attached hydrogens (tertiary/aromatic N) is 1. The van der Waals surface area contributed by atoms with Gasteiger partial charge in [-0.05, 0) is 23.6 Å². The van der Waals surface area contributed by atoms with Gasteiger partial charge < -0.3 is 5.11 Å². The lowest BCUT2D eigenvalue weighted by Gasteiger charge is -2.11. The average Bonchev–Trinajstić information content (AvgIpc) is 2.90. The Morgan fingerprint density at radius 3 is 2.79 bits per heavy atom. The lowest BCUT2D eigenvalue weighted by molar-refractivity contribution is 0.281. The Kier molecular flexibility index (Phi) is 4.18. The van der Waals surface area contributed by atoms with E-state index in [1.807, 2.05) is 6.92 Å². The second-order valence-electron chi connectivity index (χ2n) is 3.90. The van der Waals surface area contributed by atoms with Crippen LogP contribution in [0.3, 0.4) is 0 Å². The molecule has 0 atom stereocenters. The van der Waals surface area contributed by atoms with E-state index >= 15 is 0 Å². The molecule has 0 unspecified atom stereocenters. The molecule has 0 bridgehead atoms. The van der Waals surface area contributed by atoms with Gasteiger partial charge in [-0.25, -0.2) is 13.4 Å². The van der Waals surface area contributed by atoms with Crippen LogP contribution in [-0.4, -0.2) is 18.5 Å². The highest BCUT2D eigenvalue weighted by Crippen LogP contribution is 2.22. The fourth-order valence-corrected chi connectivity index (χ4v) is 3.83. The van der Waals surface area contributed by atoms with Crippen molar-refractivity contribution in [2.45, 2.75) is 24.8 Å². The third-order valence-corrected chi connectivity index (χ3v) is 4.88. The van der Waals surface area contributed by atoms with Crippen molar-refractivity contribution in [2.24, 2.45) is 0 Å². The van der Waals surface area contributed by atoms with Gasteiger partial charge in [-0.3, -0.25) is 4.72 Å². The van der Waals surface area contributed by atoms with Crippen LogP contribution in [0.5, 0.6) is 0 Å². The van der Waals surface area contributed by atoms with E-state index in [2.05, 4.69) is 9.71 Å². The Morgan fingerprint density at radius 1 is 1.42 bits per heavy atom. The molecule has 0 fully saturated rings. The van der Waals surface area contributed by atoms with Crippen LogP contribution in [0.1, 0.15) is 18.1 Å². The van der Waals surface area contributed by atoms with Gasteiger partial charge in [0.15, 0.2) is 5.13 Å². The molecule has 1 aromatic heterocycles. The Bertz CT molecular complexity index is 652. The minimum absolute atomic E-state index is 0.191. The second-order valence-corrected chi connectivity index (χ2v) is 6.44. The number of aliphatic hydroxyl groups is 1. The number of thiazole rings is 1. The van der Waals surface area contributed by atoms with Crippen molar-refractivity contribution in [1.82, 2.24) is 4.98 Å². The zero-order chi connectivity index (χ0) is 13.9. The van der Waals surface area contributed by atoms with E-state index in [9.17, 15) is 8.42 Å². The van der Waals surface area contributed by atoms with Gasteiger partial charge in [0.05, 0.1) is 11.5 Å². The zero-order valence-electron chi connectivity index (χ0n) is 10.3. The average molecular weight is 298 g/mol. The molecule has 2 rings (SSSR count). The van der Waals surface area contributed by atoms with Crippen molar-refractivity contribution in [1.29, 1.82) is 0 Å². The molecule has 0 spiro atoms. The number of aryl methyl sites for hydroxylation is 1. The number of benzene rings is 1. The van der Waals surface area contributed by atoms with Crippen molar-refractivity contribution in [2.75, 3.05) is 4.72 Å². The summed E-state index contributed by atoms with van der Waals surface area (Å²) in [6.45, 7) is 1.69. The standard InChI is InChI=1S/C12H14N2O3S2/c1-2-10-4-3-9(8-15)7-11(10)19(16,17)14-12-13-5-6-18-12/h3-7,15H,2,8H2,1H3,(H,13,14). The predicted molar refractivity (Wildman–Crippen MR) is 74.7 cm³/mol. The first-order valence-electron chi connectivity index (χ1n) is 5.72. The molecule has 0 aliphatic heterocycles. The maximum atomic E-state index is 12.3. The van der Waals surface area contributed by atoms with Crippen LogP contribution >= 0.6 is 11.3 Å². The highest BCUT2D eigenvalue weighted by Gasteiger charge is 2.19. The number of sulfonamides is 1. The van der Waals surface area contributed by atoms with Gasteiger partial charge in [-0.15, -0.1) is 11.3 Å². The number of nitrogens with one attached hydrogen (secondary N) is 1. The Balaban J connectivity index is 2.43. The molecular formula is C12H14N2O3S2. The number of hydrogen-bond donors (Lipinski definition) is 2. The Hall–Kier alpha value is -1.44. The van der Waals surface area contributed by atoms with Crippen molar-refractivity contribution >= 4 is 26.5 Å². The maximum Gasteiger partial charge on any atom is 0.263 e. The van der Waals surface area contributed by atoms with E-state index in [4.69, 9.17) is 5.11 Å². The van der Waals surface area contributed by atoms with Crippen LogP contribution < -0.4 is 4.72 Å². The molecule has 0 radical (unpaired) electrons. The summed E-state index contributed by atoms with van der Waals surface area (Å²) < 4.78 is 27.1. The second kappa shape index (κ2) is 5.68. The van der Waals surface area contributed by atoms with Crippen LogP contribution in [0.4, 0.5) is 5.13 Å². The summed E-state index contributed by atoms with van der Waals surface area (Å²) in [5.41, 5.74) is 1.28. The van der Waals surface area contributed by atoms with Gasteiger partial charge in [0.1, 0.15) is 0 Å². The quantitative estimate of drug-likeness (QED) is 0.885. The summed E-state index contributed by atoms with van der Waals surface area (Å²) in [6.07, 6.45) is 2.13. The van der Waals surface area contributed by atoms with Crippen LogP contribution in [0.25, 0.3) is 0 Å². The number of aliphatic hydroxyl groups excluding tert-OH is 1. The molecule has 2 aromatic rings. The molecule has 0 amide bonds. The molecule has 7 heteroatoms. The third kappa shape index (κ3) is 3.12. The van der Waals surface area contributed by atoms with Gasteiger partial charge in [0.25, 0.3) is 10.0 Å². The van der Waals surface area contributed by atoms with E-state index in [0.29, 0.717) is 22.7 Å². The number of aromatic nitrogens is 1. The molecule has 0 saturated carbocycles. The molecule has 102 valence electrons. The largest absolute Gasteiger partial charge is 0.392 e. The van der Waals surface area contributed by atoms with Crippen molar-refractivity contribution < 1.29 is 13.5 Å². The molecular weight excluding hydrogens is 284 g/mol. The van der Waals surface area contributed by atoms with Crippen LogP contribution in [0.15, 0.2) is 34.7 Å². The summed E-state index contributed by atoms with van der Waals surface area (Å²) >= 11 is 1.22. The van der Waals surface area contributed by atoms with Gasteiger partial charge in [0.2, 0.25) is 0 Å². The zero-order valence-corrected chi connectivity index (χ0v) is 12.0. The normalized spacial score (nSPS) is 11.5. The summed E-state index contributed by atoms with van der Waals surface area (Å²) in [7, 11) is -3.67. The van der Waals surface area contributed by atoms with E-state index in [-0.39, 0.29) is 11.5 Å². The molecule has 2 N–H and O–H groups in total. The molecule has 0 aliphatic rings. The smallest absolute Gasteiger partial charge is 0.263 e. The minimum atomic E-state index is -3.67. The van der Waals surface area contributed by atoms with Crippen molar-refractivity contribution in [3.8, 4) is 0 Å². The first kappa shape index (κ1) is 14.0. The summed E-state index contributed by atoms with van der Waals surface area (Å²) in [6, 6.07) is 4.94. The highest BCUT2D eigenvalue weighted by atomic mass is 32.2. The third-order valence-electron chi connectivity index (χ3n) is 2.64. The predicted octanol–water partition coefficient (Wildman–Crippen LogP) is 2.00. The van der Waals surface area contributed by atoms with Gasteiger partial charge in [-0.1, -0.05) is 19.1 Å². The van der Waals surface area contributed by atoms with E-state index < -0.39 is 10.0 Å². The molecule has 19 heavy (non-hydrogen) atoms. The monoisotopic (exact) mass is 298 g/mol. The summed E-state index contributed by atoms with van der Waals surface area (Å²) in [4.78, 5) is 4.10. The first-order chi connectivity index (χ1) is 9.06. The van der Waals surface area contributed by atoms with Gasteiger partial charge in [-0.2, -0.15) is 0 Å². The van der Waals surface area contributed by atoms with Crippen LogP contribution in [-0.2, 0) is 23.1 Å². The fraction of sp³-hybridized carbons (Fsp3) is 0.250. The summed E-state index contributed by atoms with van der Waals surface area (Å²) in [5.74, 6) is 0. The minimum Gasteiger partial charge on any atom is -0.392 e. The SMILES string of the molecule is CCc1ccc(CO)cc1S(=O)(=O)Nc1nccs1. The number of hydrogen-bond acceptors (Lipinski definition) is 5. The molecule has 1 aromatic carbocycles. The van der Waals surface area contributed by atoms with Gasteiger partial charge in [0, 0.05) is 11.6 Å². The van der Waals surface area contributed by atoms with E-state index in [0.717, 1.165) is 0 Å².